The average Bonchev–Trinajstić information content (AvgIpc) is 3.30. The lowest BCUT2D eigenvalue weighted by Crippen LogP contribution is -2.27. The Hall–Kier alpha value is -3.69. The van der Waals surface area contributed by atoms with Gasteiger partial charge in [-0.1, -0.05) is 18.2 Å². The minimum absolute atomic E-state index is 0.0897. The summed E-state index contributed by atoms with van der Waals surface area (Å²) >= 11 is 0. The SMILES string of the molecule is CN(C)CCC(=O)c1cccc(OCc2cccnc2-c2ccnn2C(=O)CN(C)C)c1C=O. The fourth-order valence-electron chi connectivity index (χ4n) is 3.45. The first kappa shape index (κ1) is 24.9. The molecule has 0 saturated carbocycles. The van der Waals surface area contributed by atoms with Crippen LogP contribution in [0, 0.1) is 0 Å². The maximum atomic E-state index is 12.6. The summed E-state index contributed by atoms with van der Waals surface area (Å²) < 4.78 is 7.30. The van der Waals surface area contributed by atoms with E-state index in [-0.39, 0.29) is 30.4 Å². The molecule has 0 radical (unpaired) electrons. The molecule has 2 aromatic heterocycles. The number of carbonyl (C=O) groups excluding carboxylic acids is 3. The van der Waals surface area contributed by atoms with Gasteiger partial charge in [0, 0.05) is 30.3 Å². The monoisotopic (exact) mass is 463 g/mol. The summed E-state index contributed by atoms with van der Waals surface area (Å²) in [6.45, 7) is 0.874. The number of pyridine rings is 1. The van der Waals surface area contributed by atoms with E-state index in [0.29, 0.717) is 47.5 Å². The molecule has 0 aliphatic rings. The molecule has 0 spiro atoms. The maximum Gasteiger partial charge on any atom is 0.261 e. The van der Waals surface area contributed by atoms with Gasteiger partial charge in [-0.2, -0.15) is 9.78 Å². The quantitative estimate of drug-likeness (QED) is 0.316. The zero-order chi connectivity index (χ0) is 24.7. The maximum absolute atomic E-state index is 12.6. The largest absolute Gasteiger partial charge is 0.488 e. The first-order valence-electron chi connectivity index (χ1n) is 10.9. The van der Waals surface area contributed by atoms with Crippen LogP contribution in [0.5, 0.6) is 5.75 Å². The molecule has 9 heteroatoms. The van der Waals surface area contributed by atoms with Crippen LogP contribution in [0.15, 0.2) is 48.8 Å². The summed E-state index contributed by atoms with van der Waals surface area (Å²) in [5.74, 6) is 0.0130. The molecule has 0 aliphatic carbocycles. The number of aromatic nitrogens is 3. The molecule has 0 fully saturated rings. The van der Waals surface area contributed by atoms with E-state index in [9.17, 15) is 14.4 Å². The molecule has 9 nitrogen and oxygen atoms in total. The van der Waals surface area contributed by atoms with Gasteiger partial charge in [-0.15, -0.1) is 0 Å². The standard InChI is InChI=1S/C25H29N5O4/c1-28(2)14-11-22(32)19-8-5-9-23(20(19)16-31)34-17-18-7-6-12-26-25(18)21-10-13-27-30(21)24(33)15-29(3)4/h5-10,12-13,16H,11,14-15,17H2,1-4H3. The van der Waals surface area contributed by atoms with E-state index < -0.39 is 0 Å². The fourth-order valence-corrected chi connectivity index (χ4v) is 3.45. The van der Waals surface area contributed by atoms with Crippen molar-refractivity contribution in [3.05, 3.63) is 65.5 Å². The van der Waals surface area contributed by atoms with E-state index in [1.165, 1.54) is 4.68 Å². The van der Waals surface area contributed by atoms with E-state index in [2.05, 4.69) is 10.1 Å². The van der Waals surface area contributed by atoms with Crippen LogP contribution in [0.3, 0.4) is 0 Å². The van der Waals surface area contributed by atoms with Crippen molar-refractivity contribution in [2.45, 2.75) is 13.0 Å². The molecule has 0 atom stereocenters. The molecule has 1 aromatic carbocycles. The number of nitrogens with zero attached hydrogens (tertiary/aromatic N) is 5. The average molecular weight is 464 g/mol. The summed E-state index contributed by atoms with van der Waals surface area (Å²) in [5, 5.41) is 4.17. The second-order valence-corrected chi connectivity index (χ2v) is 8.37. The Morgan fingerprint density at radius 3 is 2.53 bits per heavy atom. The minimum Gasteiger partial charge on any atom is -0.488 e. The molecule has 0 saturated heterocycles. The summed E-state index contributed by atoms with van der Waals surface area (Å²) in [6, 6.07) is 10.3. The Bertz CT molecular complexity index is 1170. The van der Waals surface area contributed by atoms with Crippen molar-refractivity contribution >= 4 is 18.0 Å². The van der Waals surface area contributed by atoms with Gasteiger partial charge in [0.1, 0.15) is 12.4 Å². The Labute approximate surface area is 199 Å². The molecular weight excluding hydrogens is 434 g/mol. The highest BCUT2D eigenvalue weighted by Gasteiger charge is 2.19. The van der Waals surface area contributed by atoms with Crippen molar-refractivity contribution in [2.75, 3.05) is 41.3 Å². The van der Waals surface area contributed by atoms with Gasteiger partial charge in [0.2, 0.25) is 0 Å². The molecule has 34 heavy (non-hydrogen) atoms. The summed E-state index contributed by atoms with van der Waals surface area (Å²) in [5.41, 5.74) is 2.38. The molecular formula is C25H29N5O4. The molecule has 0 unspecified atom stereocenters. The van der Waals surface area contributed by atoms with Gasteiger partial charge in [0.25, 0.3) is 5.91 Å². The van der Waals surface area contributed by atoms with Crippen molar-refractivity contribution in [3.8, 4) is 17.1 Å². The topological polar surface area (TPSA) is 97.6 Å². The van der Waals surface area contributed by atoms with Gasteiger partial charge in [-0.05, 0) is 46.4 Å². The molecule has 0 N–H and O–H groups in total. The number of benzene rings is 1. The van der Waals surface area contributed by atoms with Gasteiger partial charge < -0.3 is 14.5 Å². The highest BCUT2D eigenvalue weighted by atomic mass is 16.5. The van der Waals surface area contributed by atoms with Crippen LogP contribution >= 0.6 is 0 Å². The van der Waals surface area contributed by atoms with Crippen molar-refractivity contribution in [2.24, 2.45) is 0 Å². The number of hydrogen-bond donors (Lipinski definition) is 0. The van der Waals surface area contributed by atoms with Crippen molar-refractivity contribution in [3.63, 3.8) is 0 Å². The van der Waals surface area contributed by atoms with Crippen LogP contribution in [0.4, 0.5) is 0 Å². The summed E-state index contributed by atoms with van der Waals surface area (Å²) in [7, 11) is 7.40. The van der Waals surface area contributed by atoms with Gasteiger partial charge in [-0.25, -0.2) is 0 Å². The number of ether oxygens (including phenoxy) is 1. The molecule has 0 bridgehead atoms. The molecule has 3 aromatic rings. The first-order valence-corrected chi connectivity index (χ1v) is 10.9. The zero-order valence-electron chi connectivity index (χ0n) is 19.9. The lowest BCUT2D eigenvalue weighted by atomic mass is 10.0. The van der Waals surface area contributed by atoms with E-state index in [0.717, 1.165) is 0 Å². The summed E-state index contributed by atoms with van der Waals surface area (Å²) in [4.78, 5) is 45.2. The van der Waals surface area contributed by atoms with Crippen LogP contribution in [0.2, 0.25) is 0 Å². The Morgan fingerprint density at radius 2 is 1.82 bits per heavy atom. The zero-order valence-corrected chi connectivity index (χ0v) is 19.9. The van der Waals surface area contributed by atoms with Gasteiger partial charge in [-0.3, -0.25) is 19.4 Å². The molecule has 0 aliphatic heterocycles. The number of aldehydes is 1. The number of Topliss-reactive ketones (excluding diaryl/α,β-unsaturated/α-hetero) is 1. The Balaban J connectivity index is 1.86. The van der Waals surface area contributed by atoms with Crippen LogP contribution in [-0.2, 0) is 6.61 Å². The molecule has 3 rings (SSSR count). The van der Waals surface area contributed by atoms with Crippen molar-refractivity contribution < 1.29 is 19.1 Å². The smallest absolute Gasteiger partial charge is 0.261 e. The minimum atomic E-state index is -0.185. The molecule has 0 amide bonds. The second kappa shape index (κ2) is 11.4. The van der Waals surface area contributed by atoms with Gasteiger partial charge >= 0.3 is 0 Å². The lowest BCUT2D eigenvalue weighted by molar-refractivity contribution is 0.0861. The third-order valence-corrected chi connectivity index (χ3v) is 5.12. The Morgan fingerprint density at radius 1 is 1.03 bits per heavy atom. The predicted octanol–water partition coefficient (Wildman–Crippen LogP) is 2.67. The van der Waals surface area contributed by atoms with E-state index in [1.54, 1.807) is 47.6 Å². The third-order valence-electron chi connectivity index (χ3n) is 5.12. The second-order valence-electron chi connectivity index (χ2n) is 8.37. The normalized spacial score (nSPS) is 11.1. The molecule has 178 valence electrons. The first-order chi connectivity index (χ1) is 16.3. The third kappa shape index (κ3) is 6.00. The summed E-state index contributed by atoms with van der Waals surface area (Å²) in [6.07, 6.45) is 4.13. The number of ketones is 1. The number of carbonyl (C=O) groups is 3. The van der Waals surface area contributed by atoms with E-state index in [4.69, 9.17) is 4.74 Å². The van der Waals surface area contributed by atoms with Crippen LogP contribution in [0.1, 0.15) is 37.5 Å². The van der Waals surface area contributed by atoms with Crippen LogP contribution < -0.4 is 4.74 Å². The van der Waals surface area contributed by atoms with Crippen LogP contribution in [0.25, 0.3) is 11.4 Å². The molecule has 2 heterocycles. The predicted molar refractivity (Wildman–Crippen MR) is 128 cm³/mol. The highest BCUT2D eigenvalue weighted by molar-refractivity contribution is 6.04. The van der Waals surface area contributed by atoms with Crippen molar-refractivity contribution in [1.29, 1.82) is 0 Å². The van der Waals surface area contributed by atoms with Gasteiger partial charge in [0.05, 0.1) is 29.7 Å². The Kier molecular flexibility index (Phi) is 8.39. The number of rotatable bonds is 11. The highest BCUT2D eigenvalue weighted by Crippen LogP contribution is 2.26. The fraction of sp³-hybridized carbons (Fsp3) is 0.320. The lowest BCUT2D eigenvalue weighted by Gasteiger charge is -2.15. The van der Waals surface area contributed by atoms with Gasteiger partial charge in [0.15, 0.2) is 12.1 Å². The van der Waals surface area contributed by atoms with Crippen LogP contribution in [-0.4, -0.2) is 83.8 Å². The van der Waals surface area contributed by atoms with Crippen molar-refractivity contribution in [1.82, 2.24) is 24.6 Å². The van der Waals surface area contributed by atoms with E-state index >= 15 is 0 Å². The number of likely N-dealkylation sites (N-methyl/N-ethyl adjacent to an activating group) is 1. The number of hydrogen-bond acceptors (Lipinski definition) is 8. The van der Waals surface area contributed by atoms with E-state index in [1.807, 2.05) is 39.2 Å².